The van der Waals surface area contributed by atoms with Gasteiger partial charge in [0.1, 0.15) is 12.7 Å². The second kappa shape index (κ2) is 6.91. The Bertz CT molecular complexity index is 377. The van der Waals surface area contributed by atoms with E-state index in [0.29, 0.717) is 0 Å². The average molecular weight is 257 g/mol. The minimum atomic E-state index is -0.923. The van der Waals surface area contributed by atoms with Crippen molar-refractivity contribution in [1.29, 1.82) is 0 Å². The van der Waals surface area contributed by atoms with Crippen LogP contribution in [0.15, 0.2) is 30.3 Å². The number of esters is 1. The third kappa shape index (κ3) is 5.92. The van der Waals surface area contributed by atoms with Crippen molar-refractivity contribution in [2.45, 2.75) is 26.1 Å². The van der Waals surface area contributed by atoms with Crippen LogP contribution in [0.3, 0.4) is 0 Å². The van der Waals surface area contributed by atoms with Crippen molar-refractivity contribution >= 4 is 23.0 Å². The molecule has 4 nitrogen and oxygen atoms in total. The maximum Gasteiger partial charge on any atom is 0.404 e. The summed E-state index contributed by atoms with van der Waals surface area (Å²) < 4.78 is 9.61. The second-order valence-corrected chi connectivity index (χ2v) is 3.83. The summed E-state index contributed by atoms with van der Waals surface area (Å²) in [5.41, 5.74) is -0.0174. The van der Waals surface area contributed by atoms with Gasteiger partial charge >= 0.3 is 11.4 Å². The van der Waals surface area contributed by atoms with Crippen molar-refractivity contribution < 1.29 is 19.1 Å². The first kappa shape index (κ1) is 13.5. The number of rotatable bonds is 5. The van der Waals surface area contributed by atoms with Crippen molar-refractivity contribution in [2.75, 3.05) is 0 Å². The summed E-state index contributed by atoms with van der Waals surface area (Å²) in [6, 6.07) is 9.32. The maximum absolute atomic E-state index is 11.4. The summed E-state index contributed by atoms with van der Waals surface area (Å²) in [6.07, 6.45) is -0.589. The average Bonchev–Trinajstić information content (AvgIpc) is 2.26. The van der Waals surface area contributed by atoms with Gasteiger partial charge in [-0.1, -0.05) is 30.3 Å². The van der Waals surface area contributed by atoms with E-state index in [1.165, 1.54) is 0 Å². The molecule has 0 bridgehead atoms. The Morgan fingerprint density at radius 3 is 2.53 bits per heavy atom. The molecule has 0 amide bonds. The van der Waals surface area contributed by atoms with Crippen molar-refractivity contribution in [3.05, 3.63) is 35.9 Å². The number of ether oxygens (including phenoxy) is 2. The largest absolute Gasteiger partial charge is 0.461 e. The van der Waals surface area contributed by atoms with Crippen LogP contribution in [0.5, 0.6) is 0 Å². The highest BCUT2D eigenvalue weighted by atomic mass is 35.5. The van der Waals surface area contributed by atoms with E-state index in [-0.39, 0.29) is 13.0 Å². The van der Waals surface area contributed by atoms with Crippen molar-refractivity contribution in [3.63, 3.8) is 0 Å². The third-order valence-electron chi connectivity index (χ3n) is 1.99. The highest BCUT2D eigenvalue weighted by Gasteiger charge is 2.13. The van der Waals surface area contributed by atoms with E-state index < -0.39 is 17.5 Å². The molecule has 0 aromatic heterocycles. The van der Waals surface area contributed by atoms with E-state index in [1.807, 2.05) is 30.3 Å². The molecular formula is C12H13ClO4. The van der Waals surface area contributed by atoms with E-state index in [9.17, 15) is 9.59 Å². The SMILES string of the molecule is CC(CC(=O)OCc1ccccc1)OC(=O)Cl. The standard InChI is InChI=1S/C12H13ClO4/c1-9(17-12(13)15)7-11(14)16-8-10-5-3-2-4-6-10/h2-6,9H,7-8H2,1H3. The summed E-state index contributed by atoms with van der Waals surface area (Å²) in [7, 11) is 0. The molecule has 1 rings (SSSR count). The lowest BCUT2D eigenvalue weighted by Crippen LogP contribution is -2.17. The summed E-state index contributed by atoms with van der Waals surface area (Å²) in [5.74, 6) is -0.431. The Hall–Kier alpha value is -1.55. The number of hydrogen-bond donors (Lipinski definition) is 0. The molecule has 1 aromatic rings. The van der Waals surface area contributed by atoms with Crippen molar-refractivity contribution in [1.82, 2.24) is 0 Å². The molecule has 0 aliphatic carbocycles. The molecule has 0 saturated heterocycles. The topological polar surface area (TPSA) is 52.6 Å². The lowest BCUT2D eigenvalue weighted by molar-refractivity contribution is -0.146. The first-order valence-corrected chi connectivity index (χ1v) is 5.51. The fraction of sp³-hybridized carbons (Fsp3) is 0.333. The van der Waals surface area contributed by atoms with Gasteiger partial charge in [0.25, 0.3) is 0 Å². The normalized spacial score (nSPS) is 11.6. The van der Waals surface area contributed by atoms with Crippen LogP contribution >= 0.6 is 11.6 Å². The minimum absolute atomic E-state index is 0.00864. The molecule has 0 aliphatic heterocycles. The molecular weight excluding hydrogens is 244 g/mol. The van der Waals surface area contributed by atoms with Crippen LogP contribution in [0.1, 0.15) is 18.9 Å². The third-order valence-corrected chi connectivity index (χ3v) is 2.08. The fourth-order valence-corrected chi connectivity index (χ4v) is 1.38. The molecule has 0 N–H and O–H groups in total. The summed E-state index contributed by atoms with van der Waals surface area (Å²) in [4.78, 5) is 21.8. The second-order valence-electron chi connectivity index (χ2n) is 3.52. The molecule has 1 atom stereocenters. The Morgan fingerprint density at radius 2 is 1.94 bits per heavy atom. The Morgan fingerprint density at radius 1 is 1.29 bits per heavy atom. The van der Waals surface area contributed by atoms with Gasteiger partial charge in [0, 0.05) is 11.6 Å². The van der Waals surface area contributed by atoms with Gasteiger partial charge in [-0.15, -0.1) is 0 Å². The summed E-state index contributed by atoms with van der Waals surface area (Å²) in [6.45, 7) is 1.78. The number of carbonyl (C=O) groups is 2. The van der Waals surface area contributed by atoms with Gasteiger partial charge in [0.05, 0.1) is 6.42 Å². The molecule has 1 aromatic carbocycles. The monoisotopic (exact) mass is 256 g/mol. The quantitative estimate of drug-likeness (QED) is 0.600. The zero-order valence-electron chi connectivity index (χ0n) is 9.39. The number of halogens is 1. The van der Waals surface area contributed by atoms with Crippen LogP contribution < -0.4 is 0 Å². The van der Waals surface area contributed by atoms with Crippen LogP contribution in [-0.4, -0.2) is 17.5 Å². The number of carbonyl (C=O) groups excluding carboxylic acids is 2. The predicted octanol–water partition coefficient (Wildman–Crippen LogP) is 2.88. The molecule has 0 heterocycles. The Balaban J connectivity index is 2.28. The Kier molecular flexibility index (Phi) is 5.49. The van der Waals surface area contributed by atoms with E-state index in [4.69, 9.17) is 16.3 Å². The molecule has 5 heteroatoms. The molecule has 1 unspecified atom stereocenters. The molecule has 17 heavy (non-hydrogen) atoms. The van der Waals surface area contributed by atoms with Gasteiger partial charge in [0.15, 0.2) is 0 Å². The molecule has 0 radical (unpaired) electrons. The van der Waals surface area contributed by atoms with Gasteiger partial charge in [-0.25, -0.2) is 4.79 Å². The van der Waals surface area contributed by atoms with Crippen LogP contribution in [0, 0.1) is 0 Å². The van der Waals surface area contributed by atoms with Crippen LogP contribution in [-0.2, 0) is 20.9 Å². The van der Waals surface area contributed by atoms with E-state index >= 15 is 0 Å². The molecule has 92 valence electrons. The summed E-state index contributed by atoms with van der Waals surface area (Å²) in [5, 5.41) is 0. The zero-order chi connectivity index (χ0) is 12.7. The van der Waals surface area contributed by atoms with Crippen LogP contribution in [0.2, 0.25) is 0 Å². The summed E-state index contributed by atoms with van der Waals surface area (Å²) >= 11 is 5.02. The Labute approximate surface area is 104 Å². The smallest absolute Gasteiger partial charge is 0.404 e. The minimum Gasteiger partial charge on any atom is -0.461 e. The molecule has 0 saturated carbocycles. The maximum atomic E-state index is 11.4. The van der Waals surface area contributed by atoms with Gasteiger partial charge < -0.3 is 9.47 Å². The fourth-order valence-electron chi connectivity index (χ4n) is 1.23. The molecule has 0 aliphatic rings. The van der Waals surface area contributed by atoms with Crippen molar-refractivity contribution in [3.8, 4) is 0 Å². The first-order chi connectivity index (χ1) is 8.08. The van der Waals surface area contributed by atoms with E-state index in [1.54, 1.807) is 6.92 Å². The highest BCUT2D eigenvalue weighted by Crippen LogP contribution is 2.05. The van der Waals surface area contributed by atoms with Gasteiger partial charge in [-0.05, 0) is 12.5 Å². The highest BCUT2D eigenvalue weighted by molar-refractivity contribution is 6.61. The lowest BCUT2D eigenvalue weighted by atomic mass is 10.2. The van der Waals surface area contributed by atoms with Gasteiger partial charge in [0.2, 0.25) is 0 Å². The first-order valence-electron chi connectivity index (χ1n) is 5.13. The van der Waals surface area contributed by atoms with Gasteiger partial charge in [-0.3, -0.25) is 4.79 Å². The van der Waals surface area contributed by atoms with Crippen molar-refractivity contribution in [2.24, 2.45) is 0 Å². The van der Waals surface area contributed by atoms with E-state index in [0.717, 1.165) is 5.56 Å². The van der Waals surface area contributed by atoms with Crippen LogP contribution in [0.25, 0.3) is 0 Å². The van der Waals surface area contributed by atoms with Crippen LogP contribution in [0.4, 0.5) is 4.79 Å². The van der Waals surface area contributed by atoms with E-state index in [2.05, 4.69) is 4.74 Å². The van der Waals surface area contributed by atoms with Gasteiger partial charge in [-0.2, -0.15) is 0 Å². The molecule has 0 fully saturated rings. The molecule has 0 spiro atoms. The lowest BCUT2D eigenvalue weighted by Gasteiger charge is -2.10. The number of hydrogen-bond acceptors (Lipinski definition) is 4. The number of benzene rings is 1. The zero-order valence-corrected chi connectivity index (χ0v) is 10.1. The predicted molar refractivity (Wildman–Crippen MR) is 62.7 cm³/mol.